The summed E-state index contributed by atoms with van der Waals surface area (Å²) >= 11 is 0. The fourth-order valence-electron chi connectivity index (χ4n) is 9.98. The van der Waals surface area contributed by atoms with Gasteiger partial charge in [-0.25, -0.2) is 4.98 Å². The maximum absolute atomic E-state index is 5.42. The summed E-state index contributed by atoms with van der Waals surface area (Å²) in [4.78, 5) is 16.0. The zero-order valence-corrected chi connectivity index (χ0v) is 36.9. The fraction of sp³-hybridized carbons (Fsp3) is 0. The van der Waals surface area contributed by atoms with E-state index < -0.39 is 0 Å². The minimum Gasteiger partial charge on any atom is -0.307 e. The number of para-hydroxylation sites is 3. The average molecular weight is 868 g/mol. The van der Waals surface area contributed by atoms with Crippen molar-refractivity contribution in [3.63, 3.8) is 0 Å². The van der Waals surface area contributed by atoms with Gasteiger partial charge in [0.25, 0.3) is 0 Å². The van der Waals surface area contributed by atoms with Crippen LogP contribution in [0.5, 0.6) is 0 Å². The first-order valence-electron chi connectivity index (χ1n) is 23.0. The first kappa shape index (κ1) is 39.2. The van der Waals surface area contributed by atoms with Crippen LogP contribution in [0.15, 0.2) is 249 Å². The molecule has 5 heteroatoms. The van der Waals surface area contributed by atoms with Crippen LogP contribution in [0.4, 0.5) is 0 Å². The Morgan fingerprint density at radius 2 is 0.647 bits per heavy atom. The van der Waals surface area contributed by atoms with E-state index in [0.29, 0.717) is 17.6 Å². The molecule has 0 fully saturated rings. The molecule has 0 unspecified atom stereocenters. The maximum atomic E-state index is 5.42. The normalized spacial score (nSPS) is 11.5. The van der Waals surface area contributed by atoms with E-state index >= 15 is 0 Å². The van der Waals surface area contributed by atoms with Crippen molar-refractivity contribution in [3.05, 3.63) is 249 Å². The van der Waals surface area contributed by atoms with E-state index in [1.807, 2.05) is 18.2 Å². The highest BCUT2D eigenvalue weighted by Gasteiger charge is 2.24. The van der Waals surface area contributed by atoms with E-state index in [2.05, 4.69) is 240 Å². The summed E-state index contributed by atoms with van der Waals surface area (Å²) in [5, 5.41) is 4.58. The highest BCUT2D eigenvalue weighted by atomic mass is 15.2. The fourth-order valence-corrected chi connectivity index (χ4v) is 9.98. The number of hydrogen-bond acceptors (Lipinski definition) is 3. The summed E-state index contributed by atoms with van der Waals surface area (Å²) in [6.45, 7) is 0. The van der Waals surface area contributed by atoms with Crippen LogP contribution in [-0.2, 0) is 0 Å². The third-order valence-corrected chi connectivity index (χ3v) is 13.2. The Kier molecular flexibility index (Phi) is 9.43. The Morgan fingerprint density at radius 1 is 0.250 bits per heavy atom. The Hall–Kier alpha value is -9.19. The second-order valence-electron chi connectivity index (χ2n) is 17.2. The van der Waals surface area contributed by atoms with Gasteiger partial charge in [0.05, 0.1) is 27.8 Å². The predicted molar refractivity (Wildman–Crippen MR) is 281 cm³/mol. The minimum absolute atomic E-state index is 0.552. The molecule has 0 aliphatic rings. The van der Waals surface area contributed by atoms with Crippen molar-refractivity contribution >= 4 is 43.6 Å². The van der Waals surface area contributed by atoms with Crippen molar-refractivity contribution in [2.24, 2.45) is 0 Å². The Morgan fingerprint density at radius 3 is 1.24 bits per heavy atom. The lowest BCUT2D eigenvalue weighted by Gasteiger charge is -2.16. The van der Waals surface area contributed by atoms with Crippen molar-refractivity contribution in [1.29, 1.82) is 0 Å². The van der Waals surface area contributed by atoms with E-state index in [1.54, 1.807) is 0 Å². The Labute approximate surface area is 393 Å². The van der Waals surface area contributed by atoms with Gasteiger partial charge in [0.2, 0.25) is 5.95 Å². The number of fused-ring (bicyclic) bond motifs is 7. The van der Waals surface area contributed by atoms with Crippen LogP contribution in [0.25, 0.3) is 123 Å². The standard InChI is InChI=1S/C63H41N5/c1-4-17-42(18-5-1)43-31-33-44(34-32-43)49-23-16-24-50(41-49)45-35-37-48(38-36-45)62-64-61(47-21-8-3-9-22-47)65-63(66-62)68-58-30-15-12-27-53(58)55-40-39-54-52-26-11-14-29-57(52)67(59(54)60(55)68)56-28-13-10-25-51(56)46-19-6-2-7-20-46/h1-41H. The van der Waals surface area contributed by atoms with Crippen molar-refractivity contribution in [3.8, 4) is 78.9 Å². The molecule has 13 rings (SSSR count). The molecule has 318 valence electrons. The molecule has 0 aliphatic carbocycles. The number of aromatic nitrogens is 5. The first-order valence-corrected chi connectivity index (χ1v) is 23.0. The molecule has 0 spiro atoms. The van der Waals surface area contributed by atoms with Crippen molar-refractivity contribution in [2.45, 2.75) is 0 Å². The number of nitrogens with zero attached hydrogens (tertiary/aromatic N) is 5. The zero-order valence-electron chi connectivity index (χ0n) is 36.9. The molecule has 68 heavy (non-hydrogen) atoms. The zero-order chi connectivity index (χ0) is 45.0. The van der Waals surface area contributed by atoms with E-state index in [1.165, 1.54) is 27.6 Å². The van der Waals surface area contributed by atoms with Crippen LogP contribution >= 0.6 is 0 Å². The van der Waals surface area contributed by atoms with Gasteiger partial charge in [0.1, 0.15) is 0 Å². The molecular weight excluding hydrogens is 827 g/mol. The third-order valence-electron chi connectivity index (χ3n) is 13.2. The van der Waals surface area contributed by atoms with Gasteiger partial charge in [-0.1, -0.05) is 224 Å². The molecule has 0 aliphatic heterocycles. The number of benzene rings is 10. The summed E-state index contributed by atoms with van der Waals surface area (Å²) in [6, 6.07) is 88.1. The van der Waals surface area contributed by atoms with Gasteiger partial charge in [-0.05, 0) is 63.2 Å². The minimum atomic E-state index is 0.552. The van der Waals surface area contributed by atoms with Crippen molar-refractivity contribution < 1.29 is 0 Å². The van der Waals surface area contributed by atoms with Crippen LogP contribution in [0, 0.1) is 0 Å². The van der Waals surface area contributed by atoms with Gasteiger partial charge in [-0.15, -0.1) is 0 Å². The van der Waals surface area contributed by atoms with Crippen molar-refractivity contribution in [1.82, 2.24) is 24.1 Å². The quantitative estimate of drug-likeness (QED) is 0.153. The molecule has 0 saturated heterocycles. The summed E-state index contributed by atoms with van der Waals surface area (Å²) in [6.07, 6.45) is 0. The van der Waals surface area contributed by atoms with E-state index in [0.717, 1.165) is 77.3 Å². The van der Waals surface area contributed by atoms with Crippen LogP contribution in [0.3, 0.4) is 0 Å². The summed E-state index contributed by atoms with van der Waals surface area (Å²) in [7, 11) is 0. The molecule has 0 N–H and O–H groups in total. The molecule has 0 radical (unpaired) electrons. The first-order chi connectivity index (χ1) is 33.7. The summed E-state index contributed by atoms with van der Waals surface area (Å²) in [5.74, 6) is 1.75. The van der Waals surface area contributed by atoms with Crippen LogP contribution in [0.1, 0.15) is 0 Å². The maximum Gasteiger partial charge on any atom is 0.238 e. The Balaban J connectivity index is 0.988. The van der Waals surface area contributed by atoms with E-state index in [9.17, 15) is 0 Å². The molecule has 10 aromatic carbocycles. The Bertz CT molecular complexity index is 3980. The second kappa shape index (κ2) is 16.4. The lowest BCUT2D eigenvalue weighted by atomic mass is 9.97. The molecule has 0 bridgehead atoms. The van der Waals surface area contributed by atoms with Crippen LogP contribution in [0.2, 0.25) is 0 Å². The molecule has 13 aromatic rings. The van der Waals surface area contributed by atoms with E-state index in [4.69, 9.17) is 15.0 Å². The van der Waals surface area contributed by atoms with Gasteiger partial charge in [-0.2, -0.15) is 9.97 Å². The van der Waals surface area contributed by atoms with Crippen LogP contribution in [-0.4, -0.2) is 24.1 Å². The molecule has 3 heterocycles. The van der Waals surface area contributed by atoms with Gasteiger partial charge in [0.15, 0.2) is 11.6 Å². The monoisotopic (exact) mass is 867 g/mol. The number of rotatable bonds is 8. The lowest BCUT2D eigenvalue weighted by Crippen LogP contribution is -2.07. The van der Waals surface area contributed by atoms with Crippen molar-refractivity contribution in [2.75, 3.05) is 0 Å². The summed E-state index contributed by atoms with van der Waals surface area (Å²) < 4.78 is 4.70. The average Bonchev–Trinajstić information content (AvgIpc) is 3.95. The molecule has 0 saturated carbocycles. The van der Waals surface area contributed by atoms with Gasteiger partial charge in [-0.3, -0.25) is 4.57 Å². The molecule has 5 nitrogen and oxygen atoms in total. The van der Waals surface area contributed by atoms with Crippen LogP contribution < -0.4 is 0 Å². The lowest BCUT2D eigenvalue weighted by molar-refractivity contribution is 0.953. The highest BCUT2D eigenvalue weighted by molar-refractivity contribution is 6.24. The SMILES string of the molecule is c1ccc(-c2ccc(-c3cccc(-c4ccc(-c5nc(-c6ccccc6)nc(-n6c7ccccc7c7ccc8c9ccccc9n(-c9ccccc9-c9ccccc9)c8c76)n5)cc4)c3)cc2)cc1. The van der Waals surface area contributed by atoms with E-state index in [-0.39, 0.29) is 0 Å². The van der Waals surface area contributed by atoms with Gasteiger partial charge < -0.3 is 4.57 Å². The van der Waals surface area contributed by atoms with Gasteiger partial charge >= 0.3 is 0 Å². The molecule has 0 amide bonds. The highest BCUT2D eigenvalue weighted by Crippen LogP contribution is 2.43. The third kappa shape index (κ3) is 6.68. The number of hydrogen-bond donors (Lipinski definition) is 0. The second-order valence-corrected chi connectivity index (χ2v) is 17.2. The molecular formula is C63H41N5. The topological polar surface area (TPSA) is 48.5 Å². The summed E-state index contributed by atoms with van der Waals surface area (Å²) in [5.41, 5.74) is 16.5. The predicted octanol–water partition coefficient (Wildman–Crippen LogP) is 16.1. The van der Waals surface area contributed by atoms with Gasteiger partial charge in [0, 0.05) is 38.2 Å². The molecule has 0 atom stereocenters. The smallest absolute Gasteiger partial charge is 0.238 e. The molecule has 3 aromatic heterocycles. The largest absolute Gasteiger partial charge is 0.307 e.